The number of thiocarbonyl (C=S) groups is 1. The number of Topliss-reactive ketones (excluding diaryl/α,β-unsaturated/α-hetero) is 1. The van der Waals surface area contributed by atoms with Gasteiger partial charge in [0.15, 0.2) is 0 Å². The highest BCUT2D eigenvalue weighted by molar-refractivity contribution is 8.23. The second-order valence-corrected chi connectivity index (χ2v) is 12.3. The van der Waals surface area contributed by atoms with Crippen molar-refractivity contribution in [2.75, 3.05) is 6.61 Å². The third kappa shape index (κ3) is 3.74. The molecule has 0 aliphatic heterocycles. The Bertz CT molecular complexity index is 724. The average molecular weight is 453 g/mol. The zero-order chi connectivity index (χ0) is 21.7. The normalized spacial score (nSPS) is 45.1. The molecule has 4 nitrogen and oxygen atoms in total. The van der Waals surface area contributed by atoms with E-state index in [0.29, 0.717) is 46.9 Å². The van der Waals surface area contributed by atoms with Gasteiger partial charge in [0.1, 0.15) is 11.9 Å². The molecule has 6 heteroatoms. The average Bonchev–Trinajstić information content (AvgIpc) is 2.99. The van der Waals surface area contributed by atoms with Crippen LogP contribution in [0.25, 0.3) is 0 Å². The molecule has 0 saturated heterocycles. The third-order valence-corrected chi connectivity index (χ3v) is 10.6. The predicted octanol–water partition coefficient (Wildman–Crippen LogP) is 5.56. The van der Waals surface area contributed by atoms with Crippen molar-refractivity contribution in [1.82, 2.24) is 0 Å². The van der Waals surface area contributed by atoms with Crippen LogP contribution >= 0.6 is 24.0 Å². The van der Waals surface area contributed by atoms with Gasteiger partial charge in [-0.25, -0.2) is 0 Å². The first-order chi connectivity index (χ1) is 14.2. The molecule has 4 aliphatic carbocycles. The van der Waals surface area contributed by atoms with E-state index < -0.39 is 0 Å². The Balaban J connectivity index is 1.54. The Kier molecular flexibility index (Phi) is 6.31. The van der Waals surface area contributed by atoms with Crippen LogP contribution in [0.4, 0.5) is 0 Å². The summed E-state index contributed by atoms with van der Waals surface area (Å²) in [5.74, 6) is 2.69. The molecule has 0 spiro atoms. The molecule has 0 aromatic carbocycles. The summed E-state index contributed by atoms with van der Waals surface area (Å²) in [6.45, 7) is 8.85. The highest BCUT2D eigenvalue weighted by Gasteiger charge is 2.62. The van der Waals surface area contributed by atoms with Crippen LogP contribution in [-0.2, 0) is 19.1 Å². The Morgan fingerprint density at radius 2 is 1.87 bits per heavy atom. The van der Waals surface area contributed by atoms with Gasteiger partial charge in [-0.15, -0.1) is 0 Å². The summed E-state index contributed by atoms with van der Waals surface area (Å²) in [7, 11) is 0. The number of carbonyl (C=O) groups excluding carboxylic acids is 2. The zero-order valence-corrected chi connectivity index (χ0v) is 20.4. The Hall–Kier alpha value is -0.620. The second kappa shape index (κ2) is 8.38. The molecular weight excluding hydrogens is 416 g/mol. The topological polar surface area (TPSA) is 52.6 Å². The molecule has 0 unspecified atom stereocenters. The van der Waals surface area contributed by atoms with Gasteiger partial charge in [-0.2, -0.15) is 0 Å². The van der Waals surface area contributed by atoms with Crippen LogP contribution in [0.3, 0.4) is 0 Å². The number of thioether (sulfide) groups is 1. The molecule has 0 aromatic rings. The smallest absolute Gasteiger partial charge is 0.302 e. The number of rotatable bonds is 3. The number of carbonyl (C=O) groups is 2. The van der Waals surface area contributed by atoms with E-state index in [1.165, 1.54) is 37.9 Å². The first kappa shape index (κ1) is 22.6. The van der Waals surface area contributed by atoms with Crippen LogP contribution in [-0.4, -0.2) is 34.1 Å². The van der Waals surface area contributed by atoms with E-state index in [0.717, 1.165) is 25.7 Å². The maximum atomic E-state index is 12.9. The molecule has 4 aliphatic rings. The van der Waals surface area contributed by atoms with Gasteiger partial charge in [-0.05, 0) is 93.2 Å². The van der Waals surface area contributed by atoms with E-state index in [9.17, 15) is 9.59 Å². The van der Waals surface area contributed by atoms with E-state index in [2.05, 4.69) is 13.8 Å². The number of hydrogen-bond donors (Lipinski definition) is 0. The lowest BCUT2D eigenvalue weighted by Gasteiger charge is -2.60. The molecular formula is C24H36O4S2. The van der Waals surface area contributed by atoms with Crippen LogP contribution in [0.15, 0.2) is 0 Å². The minimum absolute atomic E-state index is 0.0604. The summed E-state index contributed by atoms with van der Waals surface area (Å²) >= 11 is 6.83. The van der Waals surface area contributed by atoms with Gasteiger partial charge in [0.05, 0.1) is 11.9 Å². The van der Waals surface area contributed by atoms with Crippen LogP contribution in [0.5, 0.6) is 0 Å². The number of ether oxygens (including phenoxy) is 2. The molecule has 0 amide bonds. The molecule has 0 bridgehead atoms. The molecule has 168 valence electrons. The number of fused-ring (bicyclic) bond motifs is 5. The van der Waals surface area contributed by atoms with Crippen molar-refractivity contribution in [3.05, 3.63) is 0 Å². The van der Waals surface area contributed by atoms with Crippen LogP contribution in [0.1, 0.15) is 79.1 Å². The van der Waals surface area contributed by atoms with Gasteiger partial charge >= 0.3 is 5.97 Å². The SMILES string of the molecule is CCOC(=S)S[C@H]1C[C@@]2(C)[C@H](CC[C@@H]3[C@@H]2CC[C@]2(C)[C@@H](OC(C)=O)CC[C@@H]32)CC1=O. The fourth-order valence-corrected chi connectivity index (χ4v) is 9.35. The molecule has 8 atom stereocenters. The van der Waals surface area contributed by atoms with E-state index in [1.807, 2.05) is 6.92 Å². The lowest BCUT2D eigenvalue weighted by atomic mass is 9.45. The summed E-state index contributed by atoms with van der Waals surface area (Å²) in [5.41, 5.74) is 0.308. The largest absolute Gasteiger partial charge is 0.479 e. The van der Waals surface area contributed by atoms with Gasteiger partial charge in [-0.1, -0.05) is 25.6 Å². The van der Waals surface area contributed by atoms with Gasteiger partial charge in [0.2, 0.25) is 4.38 Å². The monoisotopic (exact) mass is 452 g/mol. The summed E-state index contributed by atoms with van der Waals surface area (Å²) in [6.07, 6.45) is 8.56. The Labute approximate surface area is 190 Å². The second-order valence-electron chi connectivity index (χ2n) is 10.5. The van der Waals surface area contributed by atoms with E-state index in [1.54, 1.807) is 0 Å². The number of hydrogen-bond acceptors (Lipinski definition) is 6. The lowest BCUT2D eigenvalue weighted by Crippen LogP contribution is -2.56. The van der Waals surface area contributed by atoms with Crippen molar-refractivity contribution >= 4 is 40.1 Å². The molecule has 4 saturated carbocycles. The third-order valence-electron chi connectivity index (χ3n) is 9.22. The minimum Gasteiger partial charge on any atom is -0.479 e. The number of ketones is 1. The van der Waals surface area contributed by atoms with E-state index in [4.69, 9.17) is 21.7 Å². The highest BCUT2D eigenvalue weighted by atomic mass is 32.2. The molecule has 30 heavy (non-hydrogen) atoms. The fourth-order valence-electron chi connectivity index (χ4n) is 7.80. The van der Waals surface area contributed by atoms with Crippen molar-refractivity contribution in [2.45, 2.75) is 90.4 Å². The first-order valence-electron chi connectivity index (χ1n) is 11.7. The minimum atomic E-state index is -0.143. The fraction of sp³-hybridized carbons (Fsp3) is 0.875. The molecule has 0 N–H and O–H groups in total. The standard InChI is InChI=1S/C24H36O4S2/c1-5-27-22(29)30-20-13-24(4)15(12-19(20)26)6-7-16-17-8-9-21(28-14(2)25)23(17,3)11-10-18(16)24/h15-18,20-21H,5-13H2,1-4H3/t15-,16+,17+,18+,20+,21+,23+,24+/m1/s1. The lowest BCUT2D eigenvalue weighted by molar-refractivity contribution is -0.161. The maximum absolute atomic E-state index is 12.9. The van der Waals surface area contributed by atoms with E-state index >= 15 is 0 Å². The quantitative estimate of drug-likeness (QED) is 0.413. The van der Waals surface area contributed by atoms with Crippen molar-refractivity contribution in [3.63, 3.8) is 0 Å². The van der Waals surface area contributed by atoms with Crippen molar-refractivity contribution in [2.24, 2.45) is 34.5 Å². The molecule has 4 rings (SSSR count). The van der Waals surface area contributed by atoms with Crippen LogP contribution in [0, 0.1) is 34.5 Å². The van der Waals surface area contributed by atoms with Crippen molar-refractivity contribution in [3.8, 4) is 0 Å². The van der Waals surface area contributed by atoms with Crippen molar-refractivity contribution < 1.29 is 19.1 Å². The number of esters is 1. The molecule has 0 heterocycles. The van der Waals surface area contributed by atoms with Crippen molar-refractivity contribution in [1.29, 1.82) is 0 Å². The highest BCUT2D eigenvalue weighted by Crippen LogP contribution is 2.66. The van der Waals surface area contributed by atoms with Gasteiger partial charge < -0.3 is 9.47 Å². The van der Waals surface area contributed by atoms with Gasteiger partial charge in [0.25, 0.3) is 0 Å². The zero-order valence-electron chi connectivity index (χ0n) is 18.8. The van der Waals surface area contributed by atoms with Crippen LogP contribution < -0.4 is 0 Å². The van der Waals surface area contributed by atoms with Gasteiger partial charge in [-0.3, -0.25) is 9.59 Å². The van der Waals surface area contributed by atoms with Gasteiger partial charge in [0, 0.05) is 18.8 Å². The molecule has 0 aromatic heterocycles. The Morgan fingerprint density at radius 3 is 2.57 bits per heavy atom. The first-order valence-corrected chi connectivity index (χ1v) is 13.0. The summed E-state index contributed by atoms with van der Waals surface area (Å²) < 4.78 is 11.8. The summed E-state index contributed by atoms with van der Waals surface area (Å²) in [5, 5.41) is -0.0604. The van der Waals surface area contributed by atoms with Crippen LogP contribution in [0.2, 0.25) is 0 Å². The molecule has 4 fully saturated rings. The molecule has 0 radical (unpaired) electrons. The summed E-state index contributed by atoms with van der Waals surface area (Å²) in [4.78, 5) is 24.5. The maximum Gasteiger partial charge on any atom is 0.302 e. The Morgan fingerprint density at radius 1 is 1.13 bits per heavy atom. The summed E-state index contributed by atoms with van der Waals surface area (Å²) in [6, 6.07) is 0. The van der Waals surface area contributed by atoms with E-state index in [-0.39, 0.29) is 28.2 Å². The predicted molar refractivity (Wildman–Crippen MR) is 123 cm³/mol.